The van der Waals surface area contributed by atoms with Gasteiger partial charge in [0.05, 0.1) is 0 Å². The number of rotatable bonds is 6. The van der Waals surface area contributed by atoms with Crippen molar-refractivity contribution >= 4 is 17.5 Å². The molecule has 0 bridgehead atoms. The summed E-state index contributed by atoms with van der Waals surface area (Å²) >= 11 is 0. The lowest BCUT2D eigenvalue weighted by Gasteiger charge is -2.31. The summed E-state index contributed by atoms with van der Waals surface area (Å²) in [6, 6.07) is 25.2. The van der Waals surface area contributed by atoms with Gasteiger partial charge in [0, 0.05) is 43.0 Å². The fourth-order valence-electron chi connectivity index (χ4n) is 4.47. The monoisotopic (exact) mass is 441 g/mol. The number of nitrogens with zero attached hydrogens (tertiary/aromatic N) is 3. The first-order valence-electron chi connectivity index (χ1n) is 11.6. The average molecular weight is 442 g/mol. The maximum atomic E-state index is 13.5. The van der Waals surface area contributed by atoms with Crippen LogP contribution in [-0.4, -0.2) is 47.8 Å². The molecule has 1 fully saturated rings. The second-order valence-corrected chi connectivity index (χ2v) is 8.37. The van der Waals surface area contributed by atoms with Crippen LogP contribution in [0.25, 0.3) is 0 Å². The first-order chi connectivity index (χ1) is 16.0. The van der Waals surface area contributed by atoms with Crippen LogP contribution >= 0.6 is 0 Å². The molecule has 1 heterocycles. The summed E-state index contributed by atoms with van der Waals surface area (Å²) < 4.78 is 0. The van der Waals surface area contributed by atoms with Gasteiger partial charge in [-0.15, -0.1) is 0 Å². The van der Waals surface area contributed by atoms with E-state index in [4.69, 9.17) is 0 Å². The Morgan fingerprint density at radius 1 is 0.758 bits per heavy atom. The van der Waals surface area contributed by atoms with Gasteiger partial charge in [0.15, 0.2) is 0 Å². The standard InChI is InChI=1S/C28H31N3O2/c1-4-29(5-2)25-17-15-22(16-18-25)26-30(27(32)23-9-7-6-8-10-23)19-20-31(26)28(33)24-13-11-21(3)12-14-24/h6-18,26H,4-5,19-20H2,1-3H3/t26-/m1/s1. The maximum Gasteiger partial charge on any atom is 0.255 e. The predicted molar refractivity (Wildman–Crippen MR) is 132 cm³/mol. The number of amides is 2. The van der Waals surface area contributed by atoms with Crippen molar-refractivity contribution in [3.8, 4) is 0 Å². The van der Waals surface area contributed by atoms with Crippen molar-refractivity contribution in [1.82, 2.24) is 9.80 Å². The number of hydrogen-bond acceptors (Lipinski definition) is 3. The van der Waals surface area contributed by atoms with Gasteiger partial charge in [0.25, 0.3) is 11.8 Å². The predicted octanol–water partition coefficient (Wildman–Crippen LogP) is 5.14. The van der Waals surface area contributed by atoms with E-state index >= 15 is 0 Å². The molecule has 3 aromatic rings. The highest BCUT2D eigenvalue weighted by Gasteiger charge is 2.39. The topological polar surface area (TPSA) is 43.9 Å². The highest BCUT2D eigenvalue weighted by atomic mass is 16.2. The summed E-state index contributed by atoms with van der Waals surface area (Å²) in [6.07, 6.45) is -0.447. The van der Waals surface area contributed by atoms with Crippen LogP contribution in [0, 0.1) is 6.92 Å². The van der Waals surface area contributed by atoms with E-state index in [1.165, 1.54) is 0 Å². The molecule has 0 aliphatic carbocycles. The van der Waals surface area contributed by atoms with Crippen molar-refractivity contribution in [3.63, 3.8) is 0 Å². The van der Waals surface area contributed by atoms with Crippen LogP contribution in [0.1, 0.15) is 51.9 Å². The highest BCUT2D eigenvalue weighted by Crippen LogP contribution is 2.34. The number of aryl methyl sites for hydroxylation is 1. The van der Waals surface area contributed by atoms with E-state index in [1.807, 2.05) is 83.5 Å². The van der Waals surface area contributed by atoms with Crippen LogP contribution in [0.2, 0.25) is 0 Å². The minimum atomic E-state index is -0.447. The molecular weight excluding hydrogens is 410 g/mol. The number of hydrogen-bond donors (Lipinski definition) is 0. The van der Waals surface area contributed by atoms with Crippen LogP contribution in [0.4, 0.5) is 5.69 Å². The lowest BCUT2D eigenvalue weighted by Crippen LogP contribution is -2.38. The summed E-state index contributed by atoms with van der Waals surface area (Å²) in [5.74, 6) is -0.121. The van der Waals surface area contributed by atoms with Crippen molar-refractivity contribution in [2.75, 3.05) is 31.1 Å². The third-order valence-corrected chi connectivity index (χ3v) is 6.33. The summed E-state index contributed by atoms with van der Waals surface area (Å²) in [5, 5.41) is 0. The molecule has 5 nitrogen and oxygen atoms in total. The van der Waals surface area contributed by atoms with Crippen molar-refractivity contribution in [2.24, 2.45) is 0 Å². The molecule has 1 aliphatic heterocycles. The molecule has 3 aromatic carbocycles. The smallest absolute Gasteiger partial charge is 0.255 e. The van der Waals surface area contributed by atoms with Gasteiger partial charge in [-0.25, -0.2) is 0 Å². The molecule has 1 saturated heterocycles. The second kappa shape index (κ2) is 9.90. The SMILES string of the molecule is CCN(CC)c1ccc([C@@H]2N(C(=O)c3ccccc3)CCN2C(=O)c2ccc(C)cc2)cc1. The minimum absolute atomic E-state index is 0.0591. The molecule has 1 atom stereocenters. The van der Waals surface area contributed by atoms with Gasteiger partial charge in [0.1, 0.15) is 6.17 Å². The minimum Gasteiger partial charge on any atom is -0.372 e. The molecule has 33 heavy (non-hydrogen) atoms. The summed E-state index contributed by atoms with van der Waals surface area (Å²) in [7, 11) is 0. The molecule has 0 N–H and O–H groups in total. The first-order valence-corrected chi connectivity index (χ1v) is 11.6. The fraction of sp³-hybridized carbons (Fsp3) is 0.286. The Hall–Kier alpha value is -3.60. The quantitative estimate of drug-likeness (QED) is 0.532. The van der Waals surface area contributed by atoms with Gasteiger partial charge in [-0.05, 0) is 62.7 Å². The molecule has 4 rings (SSSR count). The van der Waals surface area contributed by atoms with Gasteiger partial charge in [-0.3, -0.25) is 9.59 Å². The Kier molecular flexibility index (Phi) is 6.78. The van der Waals surface area contributed by atoms with Crippen LogP contribution in [0.15, 0.2) is 78.9 Å². The molecule has 5 heteroatoms. The van der Waals surface area contributed by atoms with Crippen LogP contribution in [0.3, 0.4) is 0 Å². The Morgan fingerprint density at radius 2 is 1.27 bits per heavy atom. The first kappa shape index (κ1) is 22.6. The molecule has 2 amide bonds. The maximum absolute atomic E-state index is 13.5. The Labute approximate surface area is 196 Å². The number of carbonyl (C=O) groups is 2. The lowest BCUT2D eigenvalue weighted by molar-refractivity contribution is 0.0545. The Balaban J connectivity index is 1.70. The third-order valence-electron chi connectivity index (χ3n) is 6.33. The second-order valence-electron chi connectivity index (χ2n) is 8.37. The zero-order chi connectivity index (χ0) is 23.4. The molecule has 1 aliphatic rings. The lowest BCUT2D eigenvalue weighted by atomic mass is 10.1. The summed E-state index contributed by atoms with van der Waals surface area (Å²) in [6.45, 7) is 9.12. The van der Waals surface area contributed by atoms with Crippen molar-refractivity contribution < 1.29 is 9.59 Å². The van der Waals surface area contributed by atoms with E-state index in [0.717, 1.165) is 29.9 Å². The van der Waals surface area contributed by atoms with E-state index < -0.39 is 6.17 Å². The van der Waals surface area contributed by atoms with Crippen LogP contribution in [0.5, 0.6) is 0 Å². The van der Waals surface area contributed by atoms with Gasteiger partial charge < -0.3 is 14.7 Å². The molecule has 0 unspecified atom stereocenters. The van der Waals surface area contributed by atoms with Crippen LogP contribution < -0.4 is 4.90 Å². The number of carbonyl (C=O) groups excluding carboxylic acids is 2. The molecule has 0 saturated carbocycles. The van der Waals surface area contributed by atoms with E-state index in [-0.39, 0.29) is 11.8 Å². The summed E-state index contributed by atoms with van der Waals surface area (Å²) in [4.78, 5) is 32.8. The van der Waals surface area contributed by atoms with Gasteiger partial charge in [-0.1, -0.05) is 48.0 Å². The highest BCUT2D eigenvalue weighted by molar-refractivity contribution is 5.97. The van der Waals surface area contributed by atoms with Gasteiger partial charge in [0.2, 0.25) is 0 Å². The van der Waals surface area contributed by atoms with Gasteiger partial charge in [-0.2, -0.15) is 0 Å². The van der Waals surface area contributed by atoms with Crippen molar-refractivity contribution in [3.05, 3.63) is 101 Å². The van der Waals surface area contributed by atoms with Gasteiger partial charge >= 0.3 is 0 Å². The van der Waals surface area contributed by atoms with E-state index in [1.54, 1.807) is 0 Å². The summed E-state index contributed by atoms with van der Waals surface area (Å²) in [5.41, 5.74) is 4.45. The number of anilines is 1. The molecular formula is C28H31N3O2. The van der Waals surface area contributed by atoms with Crippen molar-refractivity contribution in [2.45, 2.75) is 26.9 Å². The zero-order valence-electron chi connectivity index (χ0n) is 19.6. The Bertz CT molecular complexity index is 1090. The molecule has 0 spiro atoms. The Morgan fingerprint density at radius 3 is 1.79 bits per heavy atom. The number of benzene rings is 3. The van der Waals surface area contributed by atoms with Crippen LogP contribution in [-0.2, 0) is 0 Å². The fourth-order valence-corrected chi connectivity index (χ4v) is 4.47. The molecule has 0 radical (unpaired) electrons. The van der Waals surface area contributed by atoms with E-state index in [0.29, 0.717) is 24.2 Å². The molecule has 0 aromatic heterocycles. The van der Waals surface area contributed by atoms with E-state index in [2.05, 4.69) is 30.9 Å². The zero-order valence-corrected chi connectivity index (χ0v) is 19.6. The molecule has 170 valence electrons. The average Bonchev–Trinajstić information content (AvgIpc) is 3.30. The van der Waals surface area contributed by atoms with Crippen molar-refractivity contribution in [1.29, 1.82) is 0 Å². The third kappa shape index (κ3) is 4.63. The normalized spacial score (nSPS) is 15.5. The van der Waals surface area contributed by atoms with E-state index in [9.17, 15) is 9.59 Å². The largest absolute Gasteiger partial charge is 0.372 e.